The molecule has 0 aliphatic rings. The summed E-state index contributed by atoms with van der Waals surface area (Å²) >= 11 is 0. The monoisotopic (exact) mass is 200 g/mol. The number of rotatable bonds is 6. The molecule has 80 valence electrons. The second-order valence-corrected chi connectivity index (χ2v) is 3.02. The third kappa shape index (κ3) is 3.60. The van der Waals surface area contributed by atoms with Crippen molar-refractivity contribution in [2.24, 2.45) is 0 Å². The number of hydrogen-bond donors (Lipinski definition) is 2. The van der Waals surface area contributed by atoms with E-state index in [1.54, 1.807) is 6.92 Å². The van der Waals surface area contributed by atoms with Crippen molar-refractivity contribution in [3.05, 3.63) is 11.1 Å². The van der Waals surface area contributed by atoms with Gasteiger partial charge in [0.05, 0.1) is 0 Å². The van der Waals surface area contributed by atoms with Crippen LogP contribution in [0, 0.1) is 0 Å². The fourth-order valence-electron chi connectivity index (χ4n) is 1.23. The summed E-state index contributed by atoms with van der Waals surface area (Å²) in [7, 11) is 0. The maximum Gasteiger partial charge on any atom is 0.332 e. The molecule has 0 heterocycles. The second kappa shape index (κ2) is 6.18. The van der Waals surface area contributed by atoms with Gasteiger partial charge in [0, 0.05) is 11.1 Å². The first-order chi connectivity index (χ1) is 6.54. The van der Waals surface area contributed by atoms with Crippen LogP contribution in [0.1, 0.15) is 39.5 Å². The molecule has 0 unspecified atom stereocenters. The highest BCUT2D eigenvalue weighted by molar-refractivity contribution is 5.98. The van der Waals surface area contributed by atoms with Crippen LogP contribution in [0.3, 0.4) is 0 Å². The van der Waals surface area contributed by atoms with Gasteiger partial charge in [-0.1, -0.05) is 20.3 Å². The lowest BCUT2D eigenvalue weighted by Gasteiger charge is -2.05. The first kappa shape index (κ1) is 12.7. The maximum absolute atomic E-state index is 10.8. The van der Waals surface area contributed by atoms with Crippen LogP contribution in [-0.2, 0) is 9.59 Å². The lowest BCUT2D eigenvalue weighted by molar-refractivity contribution is -0.136. The van der Waals surface area contributed by atoms with Gasteiger partial charge in [-0.2, -0.15) is 0 Å². The first-order valence-electron chi connectivity index (χ1n) is 4.73. The van der Waals surface area contributed by atoms with Crippen LogP contribution < -0.4 is 0 Å². The molecule has 4 nitrogen and oxygen atoms in total. The van der Waals surface area contributed by atoms with Gasteiger partial charge in [0.15, 0.2) is 0 Å². The molecular formula is C10H16O4. The number of carboxylic acid groups (broad SMARTS) is 2. The van der Waals surface area contributed by atoms with E-state index in [1.165, 1.54) is 0 Å². The Kier molecular flexibility index (Phi) is 5.60. The number of carboxylic acids is 2. The normalized spacial score (nSPS) is 12.1. The smallest absolute Gasteiger partial charge is 0.332 e. The summed E-state index contributed by atoms with van der Waals surface area (Å²) in [6, 6.07) is 0. The van der Waals surface area contributed by atoms with E-state index in [0.29, 0.717) is 12.8 Å². The largest absolute Gasteiger partial charge is 0.478 e. The Morgan fingerprint density at radius 1 is 1.00 bits per heavy atom. The highest BCUT2D eigenvalue weighted by atomic mass is 16.4. The molecule has 0 fully saturated rings. The van der Waals surface area contributed by atoms with Gasteiger partial charge in [-0.05, 0) is 19.3 Å². The van der Waals surface area contributed by atoms with Crippen molar-refractivity contribution in [2.75, 3.05) is 0 Å². The van der Waals surface area contributed by atoms with Gasteiger partial charge in [0.25, 0.3) is 0 Å². The molecule has 0 aromatic carbocycles. The zero-order chi connectivity index (χ0) is 11.1. The first-order valence-corrected chi connectivity index (χ1v) is 4.73. The fraction of sp³-hybridized carbons (Fsp3) is 0.600. The van der Waals surface area contributed by atoms with E-state index in [0.717, 1.165) is 6.42 Å². The van der Waals surface area contributed by atoms with E-state index >= 15 is 0 Å². The van der Waals surface area contributed by atoms with Crippen LogP contribution in [0.5, 0.6) is 0 Å². The van der Waals surface area contributed by atoms with Crippen molar-refractivity contribution in [1.82, 2.24) is 0 Å². The van der Waals surface area contributed by atoms with Crippen molar-refractivity contribution in [3.63, 3.8) is 0 Å². The third-order valence-corrected chi connectivity index (χ3v) is 2.01. The topological polar surface area (TPSA) is 74.6 Å². The molecular weight excluding hydrogens is 184 g/mol. The SMILES string of the molecule is CCCC/C(C(=O)O)=C(/CC)C(=O)O. The summed E-state index contributed by atoms with van der Waals surface area (Å²) < 4.78 is 0. The summed E-state index contributed by atoms with van der Waals surface area (Å²) in [4.78, 5) is 21.5. The Hall–Kier alpha value is -1.32. The molecule has 0 saturated carbocycles. The van der Waals surface area contributed by atoms with Gasteiger partial charge in [0.1, 0.15) is 0 Å². The van der Waals surface area contributed by atoms with E-state index in [9.17, 15) is 9.59 Å². The molecule has 0 radical (unpaired) electrons. The van der Waals surface area contributed by atoms with E-state index in [1.807, 2.05) is 6.92 Å². The molecule has 0 spiro atoms. The Balaban J connectivity index is 4.89. The molecule has 4 heteroatoms. The summed E-state index contributed by atoms with van der Waals surface area (Å²) in [5, 5.41) is 17.6. The Bertz CT molecular complexity index is 253. The molecule has 0 amide bonds. The van der Waals surface area contributed by atoms with Crippen molar-refractivity contribution in [2.45, 2.75) is 39.5 Å². The molecule has 2 N–H and O–H groups in total. The highest BCUT2D eigenvalue weighted by Crippen LogP contribution is 2.16. The van der Waals surface area contributed by atoms with Crippen molar-refractivity contribution in [3.8, 4) is 0 Å². The number of unbranched alkanes of at least 4 members (excludes halogenated alkanes) is 1. The third-order valence-electron chi connectivity index (χ3n) is 2.01. The molecule has 0 rings (SSSR count). The van der Waals surface area contributed by atoms with Gasteiger partial charge in [-0.3, -0.25) is 0 Å². The highest BCUT2D eigenvalue weighted by Gasteiger charge is 2.17. The minimum Gasteiger partial charge on any atom is -0.478 e. The average molecular weight is 200 g/mol. The predicted molar refractivity (Wildman–Crippen MR) is 52.1 cm³/mol. The Morgan fingerprint density at radius 3 is 1.79 bits per heavy atom. The Morgan fingerprint density at radius 2 is 1.50 bits per heavy atom. The average Bonchev–Trinajstić information content (AvgIpc) is 2.10. The fourth-order valence-corrected chi connectivity index (χ4v) is 1.23. The van der Waals surface area contributed by atoms with Gasteiger partial charge < -0.3 is 10.2 Å². The quantitative estimate of drug-likeness (QED) is 0.643. The predicted octanol–water partition coefficient (Wildman–Crippen LogP) is 2.05. The van der Waals surface area contributed by atoms with Crippen LogP contribution in [0.2, 0.25) is 0 Å². The minimum absolute atomic E-state index is 0.0194. The zero-order valence-electron chi connectivity index (χ0n) is 8.54. The van der Waals surface area contributed by atoms with Crippen LogP contribution in [0.4, 0.5) is 0 Å². The number of carbonyl (C=O) groups is 2. The number of aliphatic carboxylic acids is 2. The van der Waals surface area contributed by atoms with Crippen LogP contribution in [-0.4, -0.2) is 22.2 Å². The minimum atomic E-state index is -1.12. The zero-order valence-corrected chi connectivity index (χ0v) is 8.54. The van der Waals surface area contributed by atoms with E-state index in [2.05, 4.69) is 0 Å². The van der Waals surface area contributed by atoms with E-state index < -0.39 is 11.9 Å². The van der Waals surface area contributed by atoms with Gasteiger partial charge in [0.2, 0.25) is 0 Å². The summed E-state index contributed by atoms with van der Waals surface area (Å²) in [6.45, 7) is 3.59. The van der Waals surface area contributed by atoms with E-state index in [-0.39, 0.29) is 17.6 Å². The van der Waals surface area contributed by atoms with Gasteiger partial charge in [-0.15, -0.1) is 0 Å². The van der Waals surface area contributed by atoms with E-state index in [4.69, 9.17) is 10.2 Å². The van der Waals surface area contributed by atoms with Gasteiger partial charge in [-0.25, -0.2) is 9.59 Å². The molecule has 0 aliphatic heterocycles. The second-order valence-electron chi connectivity index (χ2n) is 3.02. The molecule has 0 bridgehead atoms. The molecule has 0 aromatic heterocycles. The van der Waals surface area contributed by atoms with Crippen LogP contribution in [0.25, 0.3) is 0 Å². The Labute approximate surface area is 83.2 Å². The van der Waals surface area contributed by atoms with Crippen LogP contribution >= 0.6 is 0 Å². The number of hydrogen-bond acceptors (Lipinski definition) is 2. The lowest BCUT2D eigenvalue weighted by Crippen LogP contribution is -2.11. The van der Waals surface area contributed by atoms with Gasteiger partial charge >= 0.3 is 11.9 Å². The van der Waals surface area contributed by atoms with Crippen molar-refractivity contribution in [1.29, 1.82) is 0 Å². The molecule has 0 atom stereocenters. The molecule has 0 aliphatic carbocycles. The van der Waals surface area contributed by atoms with Crippen LogP contribution in [0.15, 0.2) is 11.1 Å². The summed E-state index contributed by atoms with van der Waals surface area (Å²) in [6.07, 6.45) is 2.15. The standard InChI is InChI=1S/C10H16O4/c1-3-5-6-8(10(13)14)7(4-2)9(11)12/h3-6H2,1-2H3,(H,11,12)(H,13,14)/b8-7+. The molecule has 14 heavy (non-hydrogen) atoms. The maximum atomic E-state index is 10.8. The summed E-state index contributed by atoms with van der Waals surface area (Å²) in [5.41, 5.74) is 0.0628. The van der Waals surface area contributed by atoms with Crippen molar-refractivity contribution < 1.29 is 19.8 Å². The van der Waals surface area contributed by atoms with Crippen molar-refractivity contribution >= 4 is 11.9 Å². The lowest BCUT2D eigenvalue weighted by atomic mass is 10.0. The molecule has 0 saturated heterocycles. The molecule has 0 aromatic rings. The summed E-state index contributed by atoms with van der Waals surface area (Å²) in [5.74, 6) is -2.24.